The smallest absolute Gasteiger partial charge is 0.419 e. The van der Waals surface area contributed by atoms with Gasteiger partial charge in [-0.05, 0) is 91.7 Å². The van der Waals surface area contributed by atoms with Gasteiger partial charge >= 0.3 is 27.6 Å². The summed E-state index contributed by atoms with van der Waals surface area (Å²) in [7, 11) is -14.2. The third-order valence-corrected chi connectivity index (χ3v) is 23.0. The second kappa shape index (κ2) is 10.1. The lowest BCUT2D eigenvalue weighted by Gasteiger charge is -2.37. The van der Waals surface area contributed by atoms with Crippen LogP contribution in [0.4, 0.5) is 0 Å². The molecule has 0 N–H and O–H groups in total. The maximum atomic E-state index is 6.44. The molecule has 0 heterocycles. The average molecular weight is 505 g/mol. The van der Waals surface area contributed by atoms with Crippen LogP contribution in [-0.4, -0.2) is 60.9 Å². The van der Waals surface area contributed by atoms with Crippen LogP contribution in [-0.2, 0) is 24.7 Å². The highest BCUT2D eigenvalue weighted by Gasteiger charge is 2.41. The number of hydrogen-bond donors (Lipinski definition) is 0. The van der Waals surface area contributed by atoms with E-state index in [0.29, 0.717) is 0 Å². The Bertz CT molecular complexity index is 379. The van der Waals surface area contributed by atoms with Crippen LogP contribution >= 0.6 is 0 Å². The molecule has 0 fully saturated rings. The molecule has 0 saturated heterocycles. The van der Waals surface area contributed by atoms with E-state index >= 15 is 0 Å². The molecule has 0 atom stereocenters. The fourth-order valence-corrected chi connectivity index (χ4v) is 19.2. The monoisotopic (exact) mass is 504 g/mol. The van der Waals surface area contributed by atoms with Crippen LogP contribution in [0.1, 0.15) is 0 Å². The normalized spacial score (nSPS) is 15.1. The Kier molecular flexibility index (Phi) is 10.5. The second-order valence-electron chi connectivity index (χ2n) is 11.1. The summed E-state index contributed by atoms with van der Waals surface area (Å²) in [6, 6.07) is 0. The van der Waals surface area contributed by atoms with Crippen molar-refractivity contribution in [3.8, 4) is 0 Å². The SMILES string of the molecule is C[Si](C)(C)O[SiH](O[Si](C)(C)C)O[Si](C)(C)O[SiH](O[Si](C)(C)C)O[Si](C)(C)C. The molecule has 0 aromatic rings. The molecule has 27 heavy (non-hydrogen) atoms. The fourth-order valence-electron chi connectivity index (χ4n) is 1.79. The summed E-state index contributed by atoms with van der Waals surface area (Å²) in [6.07, 6.45) is 0. The van der Waals surface area contributed by atoms with Gasteiger partial charge < -0.3 is 24.7 Å². The summed E-state index contributed by atoms with van der Waals surface area (Å²) in [5, 5.41) is 0. The molecule has 13 heteroatoms. The third-order valence-electron chi connectivity index (χ3n) is 2.56. The summed E-state index contributed by atoms with van der Waals surface area (Å²) >= 11 is 0. The predicted octanol–water partition coefficient (Wildman–Crippen LogP) is 4.56. The molecule has 0 amide bonds. The van der Waals surface area contributed by atoms with Crippen molar-refractivity contribution in [2.45, 2.75) is 91.7 Å². The van der Waals surface area contributed by atoms with Gasteiger partial charge in [0, 0.05) is 0 Å². The number of rotatable bonds is 12. The molecule has 0 aliphatic carbocycles. The molecule has 0 saturated carbocycles. The van der Waals surface area contributed by atoms with Crippen LogP contribution in [0.3, 0.4) is 0 Å². The second-order valence-corrected chi connectivity index (χ2v) is 37.6. The van der Waals surface area contributed by atoms with E-state index in [9.17, 15) is 0 Å². The molecule has 164 valence electrons. The van der Waals surface area contributed by atoms with E-state index in [1.54, 1.807) is 0 Å². The molecule has 0 aliphatic rings. The standard InChI is InChI=1S/C14H44O6Si7/c1-23(2,3)15-21(16-24(4,5)6)19-27(13,14)20-22(17-25(7,8)9)18-26(10,11)12/h21-22H,1-14H3. The minimum absolute atomic E-state index is 1.77. The summed E-state index contributed by atoms with van der Waals surface area (Å²) in [5.41, 5.74) is 0. The first-order valence-electron chi connectivity index (χ1n) is 9.64. The molecular formula is C14H44O6Si7. The number of hydrogen-bond acceptors (Lipinski definition) is 6. The van der Waals surface area contributed by atoms with Crippen molar-refractivity contribution in [3.05, 3.63) is 0 Å². The van der Waals surface area contributed by atoms with Gasteiger partial charge in [-0.1, -0.05) is 0 Å². The maximum absolute atomic E-state index is 6.44. The highest BCUT2D eigenvalue weighted by Crippen LogP contribution is 2.21. The molecule has 0 bridgehead atoms. The summed E-state index contributed by atoms with van der Waals surface area (Å²) < 4.78 is 38.1. The first kappa shape index (κ1) is 28.3. The Morgan fingerprint density at radius 1 is 0.333 bits per heavy atom. The topological polar surface area (TPSA) is 55.4 Å². The largest absolute Gasteiger partial charge is 0.454 e. The lowest BCUT2D eigenvalue weighted by molar-refractivity contribution is 0.233. The van der Waals surface area contributed by atoms with Crippen molar-refractivity contribution in [2.24, 2.45) is 0 Å². The van der Waals surface area contributed by atoms with E-state index < -0.39 is 60.9 Å². The highest BCUT2D eigenvalue weighted by molar-refractivity contribution is 6.85. The van der Waals surface area contributed by atoms with Gasteiger partial charge in [0.15, 0.2) is 33.3 Å². The fraction of sp³-hybridized carbons (Fsp3) is 1.00. The minimum Gasteiger partial charge on any atom is -0.419 e. The average Bonchev–Trinajstić information content (AvgIpc) is 2.14. The first-order chi connectivity index (χ1) is 11.6. The van der Waals surface area contributed by atoms with Crippen LogP contribution in [0.25, 0.3) is 0 Å². The molecule has 0 spiro atoms. The van der Waals surface area contributed by atoms with Crippen LogP contribution in [0.5, 0.6) is 0 Å². The zero-order chi connectivity index (χ0) is 21.9. The quantitative estimate of drug-likeness (QED) is 0.363. The van der Waals surface area contributed by atoms with E-state index in [1.807, 2.05) is 0 Å². The van der Waals surface area contributed by atoms with Crippen LogP contribution < -0.4 is 0 Å². The van der Waals surface area contributed by atoms with E-state index in [-0.39, 0.29) is 0 Å². The van der Waals surface area contributed by atoms with Gasteiger partial charge in [-0.3, -0.25) is 0 Å². The Morgan fingerprint density at radius 2 is 0.519 bits per heavy atom. The lowest BCUT2D eigenvalue weighted by atomic mass is 11.8. The summed E-state index contributed by atoms with van der Waals surface area (Å²) in [4.78, 5) is 0. The molecular weight excluding hydrogens is 461 g/mol. The molecule has 0 aromatic carbocycles. The lowest BCUT2D eigenvalue weighted by Crippen LogP contribution is -2.55. The maximum Gasteiger partial charge on any atom is 0.454 e. The zero-order valence-corrected chi connectivity index (χ0v) is 27.4. The van der Waals surface area contributed by atoms with Gasteiger partial charge in [0.05, 0.1) is 0 Å². The van der Waals surface area contributed by atoms with Crippen molar-refractivity contribution < 1.29 is 24.7 Å². The zero-order valence-electron chi connectivity index (χ0n) is 20.1. The van der Waals surface area contributed by atoms with Crippen LogP contribution in [0.15, 0.2) is 0 Å². The van der Waals surface area contributed by atoms with Gasteiger partial charge in [-0.25, -0.2) is 0 Å². The van der Waals surface area contributed by atoms with E-state index in [2.05, 4.69) is 91.7 Å². The van der Waals surface area contributed by atoms with E-state index in [4.69, 9.17) is 24.7 Å². The van der Waals surface area contributed by atoms with Crippen molar-refractivity contribution >= 4 is 60.9 Å². The summed E-state index contributed by atoms with van der Waals surface area (Å²) in [6.45, 7) is 30.1. The van der Waals surface area contributed by atoms with Crippen LogP contribution in [0, 0.1) is 0 Å². The first-order valence-corrected chi connectivity index (χ1v) is 28.9. The predicted molar refractivity (Wildman–Crippen MR) is 132 cm³/mol. The molecule has 0 aromatic heterocycles. The van der Waals surface area contributed by atoms with Gasteiger partial charge in [0.25, 0.3) is 0 Å². The van der Waals surface area contributed by atoms with Gasteiger partial charge in [0.2, 0.25) is 0 Å². The van der Waals surface area contributed by atoms with Crippen molar-refractivity contribution in [1.29, 1.82) is 0 Å². The molecule has 0 aliphatic heterocycles. The molecule has 0 radical (unpaired) electrons. The Balaban J connectivity index is 5.31. The molecule has 0 unspecified atom stereocenters. The van der Waals surface area contributed by atoms with Crippen molar-refractivity contribution in [3.63, 3.8) is 0 Å². The van der Waals surface area contributed by atoms with Gasteiger partial charge in [0.1, 0.15) is 0 Å². The van der Waals surface area contributed by atoms with E-state index in [1.165, 1.54) is 0 Å². The van der Waals surface area contributed by atoms with Gasteiger partial charge in [-0.15, -0.1) is 0 Å². The third kappa shape index (κ3) is 17.8. The Labute approximate surface area is 177 Å². The van der Waals surface area contributed by atoms with Crippen molar-refractivity contribution in [2.75, 3.05) is 0 Å². The minimum atomic E-state index is -2.52. The Hall–Kier alpha value is 1.28. The summed E-state index contributed by atoms with van der Waals surface area (Å²) in [5.74, 6) is 0. The van der Waals surface area contributed by atoms with Crippen LogP contribution in [0.2, 0.25) is 91.7 Å². The Morgan fingerprint density at radius 3 is 0.667 bits per heavy atom. The van der Waals surface area contributed by atoms with Crippen molar-refractivity contribution in [1.82, 2.24) is 0 Å². The molecule has 0 rings (SSSR count). The van der Waals surface area contributed by atoms with Gasteiger partial charge in [-0.2, -0.15) is 0 Å². The molecule has 6 nitrogen and oxygen atoms in total. The highest BCUT2D eigenvalue weighted by atomic mass is 28.5. The van der Waals surface area contributed by atoms with E-state index in [0.717, 1.165) is 0 Å².